The van der Waals surface area contributed by atoms with Gasteiger partial charge in [0.1, 0.15) is 5.82 Å². The number of nitrogens with zero attached hydrogens (tertiary/aromatic N) is 1. The molecule has 162 valence electrons. The van der Waals surface area contributed by atoms with Crippen LogP contribution in [0.5, 0.6) is 0 Å². The van der Waals surface area contributed by atoms with E-state index in [1.807, 2.05) is 75.4 Å². The average Bonchev–Trinajstić information content (AvgIpc) is 3.10. The zero-order chi connectivity index (χ0) is 22.8. The number of benzene rings is 3. The van der Waals surface area contributed by atoms with E-state index in [2.05, 4.69) is 5.32 Å². The van der Waals surface area contributed by atoms with Crippen molar-refractivity contribution in [2.24, 2.45) is 0 Å². The fourth-order valence-electron chi connectivity index (χ4n) is 4.00. The molecule has 0 bridgehead atoms. The van der Waals surface area contributed by atoms with Gasteiger partial charge in [-0.1, -0.05) is 62.4 Å². The summed E-state index contributed by atoms with van der Waals surface area (Å²) in [5, 5.41) is 14.3. The number of hydrogen-bond donors (Lipinski definition) is 2. The average molecular weight is 429 g/mol. The highest BCUT2D eigenvalue weighted by atomic mass is 19.1. The smallest absolute Gasteiger partial charge is 0.258 e. The van der Waals surface area contributed by atoms with Gasteiger partial charge >= 0.3 is 0 Å². The Morgan fingerprint density at radius 2 is 1.53 bits per heavy atom. The molecule has 3 aromatic carbocycles. The largest absolute Gasteiger partial charge is 0.428 e. The number of aromatic nitrogens is 1. The van der Waals surface area contributed by atoms with Gasteiger partial charge in [-0.3, -0.25) is 4.79 Å². The molecule has 0 radical (unpaired) electrons. The number of carbonyl (C=O) groups is 1. The SMILES string of the molecule is Cc1ccccc1NC(=O)c1c(-c2ccccc2)c(-c2ccc(F)cc2)n(O)c1C(C)C. The van der Waals surface area contributed by atoms with Gasteiger partial charge in [0.25, 0.3) is 5.91 Å². The fraction of sp³-hybridized carbons (Fsp3) is 0.148. The maximum absolute atomic E-state index is 13.6. The van der Waals surface area contributed by atoms with Gasteiger partial charge in [-0.25, -0.2) is 4.39 Å². The number of halogens is 1. The molecule has 4 aromatic rings. The lowest BCUT2D eigenvalue weighted by Crippen LogP contribution is -2.16. The van der Waals surface area contributed by atoms with E-state index < -0.39 is 0 Å². The van der Waals surface area contributed by atoms with Crippen molar-refractivity contribution in [2.75, 3.05) is 5.32 Å². The summed E-state index contributed by atoms with van der Waals surface area (Å²) >= 11 is 0. The lowest BCUT2D eigenvalue weighted by atomic mass is 9.94. The van der Waals surface area contributed by atoms with E-state index in [0.29, 0.717) is 33.8 Å². The van der Waals surface area contributed by atoms with Crippen molar-refractivity contribution in [1.82, 2.24) is 4.73 Å². The molecule has 1 aromatic heterocycles. The third kappa shape index (κ3) is 3.89. The zero-order valence-corrected chi connectivity index (χ0v) is 18.3. The molecular weight excluding hydrogens is 403 g/mol. The third-order valence-corrected chi connectivity index (χ3v) is 5.53. The second-order valence-corrected chi connectivity index (χ2v) is 8.09. The fourth-order valence-corrected chi connectivity index (χ4v) is 4.00. The molecule has 4 rings (SSSR count). The van der Waals surface area contributed by atoms with Gasteiger partial charge < -0.3 is 10.5 Å². The van der Waals surface area contributed by atoms with Crippen molar-refractivity contribution in [3.63, 3.8) is 0 Å². The first kappa shape index (κ1) is 21.4. The highest BCUT2D eigenvalue weighted by Gasteiger charge is 2.30. The van der Waals surface area contributed by atoms with Gasteiger partial charge in [-0.05, 0) is 54.3 Å². The lowest BCUT2D eigenvalue weighted by Gasteiger charge is -2.13. The molecule has 0 fully saturated rings. The van der Waals surface area contributed by atoms with Gasteiger partial charge in [-0.2, -0.15) is 4.73 Å². The summed E-state index contributed by atoms with van der Waals surface area (Å²) in [6.07, 6.45) is 0. The standard InChI is InChI=1S/C27H25FN2O2/c1-17(2)25-24(27(31)29-22-12-8-7-9-18(22)3)23(19-10-5-4-6-11-19)26(30(25)32)20-13-15-21(28)16-14-20/h4-17,32H,1-3H3,(H,29,31). The van der Waals surface area contributed by atoms with Crippen LogP contribution in [0.4, 0.5) is 10.1 Å². The maximum atomic E-state index is 13.6. The van der Waals surface area contributed by atoms with Gasteiger partial charge in [0.2, 0.25) is 0 Å². The van der Waals surface area contributed by atoms with Crippen LogP contribution in [0.25, 0.3) is 22.4 Å². The van der Waals surface area contributed by atoms with E-state index in [-0.39, 0.29) is 17.6 Å². The minimum Gasteiger partial charge on any atom is -0.428 e. The lowest BCUT2D eigenvalue weighted by molar-refractivity contribution is 0.102. The molecule has 4 nitrogen and oxygen atoms in total. The molecule has 0 spiro atoms. The van der Waals surface area contributed by atoms with Crippen LogP contribution in [-0.4, -0.2) is 15.8 Å². The van der Waals surface area contributed by atoms with Crippen molar-refractivity contribution in [3.05, 3.63) is 102 Å². The van der Waals surface area contributed by atoms with Crippen molar-refractivity contribution in [3.8, 4) is 22.4 Å². The Morgan fingerprint density at radius 1 is 0.906 bits per heavy atom. The minimum absolute atomic E-state index is 0.144. The van der Waals surface area contributed by atoms with Crippen molar-refractivity contribution in [1.29, 1.82) is 0 Å². The summed E-state index contributed by atoms with van der Waals surface area (Å²) in [5.41, 5.74) is 5.01. The number of anilines is 1. The van der Waals surface area contributed by atoms with Crippen LogP contribution in [-0.2, 0) is 0 Å². The summed E-state index contributed by atoms with van der Waals surface area (Å²) in [6.45, 7) is 5.78. The summed E-state index contributed by atoms with van der Waals surface area (Å²) in [5.74, 6) is -0.819. The number of carbonyl (C=O) groups excluding carboxylic acids is 1. The molecule has 0 saturated heterocycles. The Morgan fingerprint density at radius 3 is 2.16 bits per heavy atom. The van der Waals surface area contributed by atoms with Crippen molar-refractivity contribution >= 4 is 11.6 Å². The molecule has 0 atom stereocenters. The summed E-state index contributed by atoms with van der Waals surface area (Å²) in [6, 6.07) is 22.9. The molecular formula is C27H25FN2O2. The molecule has 32 heavy (non-hydrogen) atoms. The highest BCUT2D eigenvalue weighted by molar-refractivity contribution is 6.12. The van der Waals surface area contributed by atoms with E-state index in [4.69, 9.17) is 0 Å². The quantitative estimate of drug-likeness (QED) is 0.340. The Kier molecular flexibility index (Phi) is 5.82. The topological polar surface area (TPSA) is 54.3 Å². The number of nitrogens with one attached hydrogen (secondary N) is 1. The van der Waals surface area contributed by atoms with Gasteiger partial charge in [0.15, 0.2) is 0 Å². The number of para-hydroxylation sites is 1. The second-order valence-electron chi connectivity index (χ2n) is 8.09. The number of rotatable bonds is 5. The van der Waals surface area contributed by atoms with Crippen molar-refractivity contribution < 1.29 is 14.4 Å². The van der Waals surface area contributed by atoms with Crippen LogP contribution in [0.1, 0.15) is 41.4 Å². The monoisotopic (exact) mass is 428 g/mol. The van der Waals surface area contributed by atoms with Crippen molar-refractivity contribution in [2.45, 2.75) is 26.7 Å². The molecule has 1 heterocycles. The Hall–Kier alpha value is -3.86. The van der Waals surface area contributed by atoms with Gasteiger partial charge in [0, 0.05) is 16.8 Å². The number of aryl methyl sites for hydroxylation is 1. The molecule has 0 aliphatic heterocycles. The molecule has 1 amide bonds. The first-order valence-corrected chi connectivity index (χ1v) is 10.5. The first-order chi connectivity index (χ1) is 15.4. The molecule has 0 aliphatic carbocycles. The number of hydrogen-bond acceptors (Lipinski definition) is 2. The Balaban J connectivity index is 1.99. The predicted octanol–water partition coefficient (Wildman–Crippen LogP) is 6.88. The zero-order valence-electron chi connectivity index (χ0n) is 18.3. The van der Waals surface area contributed by atoms with Crippen LogP contribution >= 0.6 is 0 Å². The Labute approximate surface area is 186 Å². The highest BCUT2D eigenvalue weighted by Crippen LogP contribution is 2.41. The van der Waals surface area contributed by atoms with E-state index >= 15 is 0 Å². The minimum atomic E-state index is -0.368. The maximum Gasteiger partial charge on any atom is 0.258 e. The Bertz CT molecular complexity index is 1260. The summed E-state index contributed by atoms with van der Waals surface area (Å²) < 4.78 is 14.7. The number of amides is 1. The van der Waals surface area contributed by atoms with Crippen LogP contribution in [0.2, 0.25) is 0 Å². The van der Waals surface area contributed by atoms with Crippen LogP contribution in [0, 0.1) is 12.7 Å². The van der Waals surface area contributed by atoms with E-state index in [0.717, 1.165) is 15.9 Å². The molecule has 2 N–H and O–H groups in total. The van der Waals surface area contributed by atoms with Gasteiger partial charge in [-0.15, -0.1) is 0 Å². The molecule has 5 heteroatoms. The molecule has 0 unspecified atom stereocenters. The van der Waals surface area contributed by atoms with E-state index in [9.17, 15) is 14.4 Å². The predicted molar refractivity (Wildman–Crippen MR) is 126 cm³/mol. The first-order valence-electron chi connectivity index (χ1n) is 10.5. The molecule has 0 aliphatic rings. The summed E-state index contributed by atoms with van der Waals surface area (Å²) in [4.78, 5) is 13.6. The van der Waals surface area contributed by atoms with Crippen LogP contribution < -0.4 is 5.32 Å². The normalized spacial score (nSPS) is 11.0. The van der Waals surface area contributed by atoms with E-state index in [1.165, 1.54) is 12.1 Å². The van der Waals surface area contributed by atoms with Crippen LogP contribution in [0.15, 0.2) is 78.9 Å². The third-order valence-electron chi connectivity index (χ3n) is 5.53. The molecule has 0 saturated carbocycles. The summed E-state index contributed by atoms with van der Waals surface area (Å²) in [7, 11) is 0. The van der Waals surface area contributed by atoms with Crippen LogP contribution in [0.3, 0.4) is 0 Å². The van der Waals surface area contributed by atoms with Gasteiger partial charge in [0.05, 0.1) is 17.0 Å². The second kappa shape index (κ2) is 8.71. The van der Waals surface area contributed by atoms with E-state index in [1.54, 1.807) is 12.1 Å².